The molecule has 0 radical (unpaired) electrons. The van der Waals surface area contributed by atoms with Crippen LogP contribution in [0.3, 0.4) is 0 Å². The molecule has 0 amide bonds. The Morgan fingerprint density at radius 3 is 2.81 bits per heavy atom. The van der Waals surface area contributed by atoms with Gasteiger partial charge in [0.05, 0.1) is 10.7 Å². The Morgan fingerprint density at radius 1 is 1.44 bits per heavy atom. The minimum absolute atomic E-state index is 0.428. The first-order valence-corrected chi connectivity index (χ1v) is 7.31. The molecule has 0 unspecified atom stereocenters. The molecule has 2 nitrogen and oxygen atoms in total. The number of nitrogens with one attached hydrogen (secondary N) is 1. The number of rotatable bonds is 4. The van der Waals surface area contributed by atoms with Gasteiger partial charge in [0.15, 0.2) is 0 Å². The smallest absolute Gasteiger partial charge is 0.0897 e. The van der Waals surface area contributed by atoms with Gasteiger partial charge >= 0.3 is 0 Å². The molecular weight excluding hydrogens is 240 g/mol. The Balaban J connectivity index is 1.64. The molecule has 90 valence electrons. The summed E-state index contributed by atoms with van der Waals surface area (Å²) < 4.78 is 0. The summed E-state index contributed by atoms with van der Waals surface area (Å²) in [6, 6.07) is 0. The lowest BCUT2D eigenvalue weighted by atomic mass is 9.89. The number of thiazole rings is 1. The fourth-order valence-electron chi connectivity index (χ4n) is 2.22. The lowest BCUT2D eigenvalue weighted by molar-refractivity contribution is 0.345. The minimum atomic E-state index is 0.428. The first-order chi connectivity index (χ1) is 7.74. The summed E-state index contributed by atoms with van der Waals surface area (Å²) in [6.45, 7) is 4.07. The van der Waals surface area contributed by atoms with Gasteiger partial charge in [-0.1, -0.05) is 0 Å². The highest BCUT2D eigenvalue weighted by atomic mass is 35.5. The standard InChI is InChI=1S/C12H19ClN2S/c1-9-15-12(8-16-9)7-14-6-10-2-4-11(13)5-3-10/h8,10-11,14H,2-7H2,1H3. The highest BCUT2D eigenvalue weighted by Gasteiger charge is 2.18. The van der Waals surface area contributed by atoms with Crippen molar-refractivity contribution in [3.63, 3.8) is 0 Å². The quantitative estimate of drug-likeness (QED) is 0.838. The molecule has 1 saturated carbocycles. The maximum atomic E-state index is 6.09. The molecule has 0 atom stereocenters. The van der Waals surface area contributed by atoms with Crippen LogP contribution >= 0.6 is 22.9 Å². The molecule has 1 aromatic rings. The largest absolute Gasteiger partial charge is 0.311 e. The fourth-order valence-corrected chi connectivity index (χ4v) is 3.08. The third kappa shape index (κ3) is 3.72. The van der Waals surface area contributed by atoms with Gasteiger partial charge in [0.25, 0.3) is 0 Å². The first kappa shape index (κ1) is 12.3. The molecule has 0 spiro atoms. The van der Waals surface area contributed by atoms with Gasteiger partial charge in [-0.05, 0) is 45.1 Å². The molecule has 0 saturated heterocycles. The highest BCUT2D eigenvalue weighted by molar-refractivity contribution is 7.09. The van der Waals surface area contributed by atoms with Crippen molar-refractivity contribution in [2.24, 2.45) is 5.92 Å². The van der Waals surface area contributed by atoms with Crippen LogP contribution in [0.25, 0.3) is 0 Å². The summed E-state index contributed by atoms with van der Waals surface area (Å²) in [4.78, 5) is 4.44. The van der Waals surface area contributed by atoms with Crippen LogP contribution in [-0.2, 0) is 6.54 Å². The van der Waals surface area contributed by atoms with Crippen LogP contribution in [0.15, 0.2) is 5.38 Å². The predicted octanol–water partition coefficient (Wildman–Crippen LogP) is 3.34. The van der Waals surface area contributed by atoms with E-state index in [2.05, 4.69) is 22.6 Å². The zero-order valence-electron chi connectivity index (χ0n) is 9.71. The summed E-state index contributed by atoms with van der Waals surface area (Å²) in [5, 5.41) is 7.22. The van der Waals surface area contributed by atoms with Crippen LogP contribution in [0.2, 0.25) is 0 Å². The zero-order valence-corrected chi connectivity index (χ0v) is 11.3. The van der Waals surface area contributed by atoms with Gasteiger partial charge in [-0.15, -0.1) is 22.9 Å². The number of aryl methyl sites for hydroxylation is 1. The van der Waals surface area contributed by atoms with Gasteiger partial charge in [-0.2, -0.15) is 0 Å². The van der Waals surface area contributed by atoms with Crippen molar-refractivity contribution in [2.45, 2.75) is 44.5 Å². The second-order valence-electron chi connectivity index (χ2n) is 4.61. The van der Waals surface area contributed by atoms with Crippen molar-refractivity contribution >= 4 is 22.9 Å². The number of aromatic nitrogens is 1. The third-order valence-electron chi connectivity index (χ3n) is 3.18. The molecule has 4 heteroatoms. The average Bonchev–Trinajstić information content (AvgIpc) is 2.67. The summed E-state index contributed by atoms with van der Waals surface area (Å²) in [7, 11) is 0. The highest BCUT2D eigenvalue weighted by Crippen LogP contribution is 2.26. The number of nitrogens with zero attached hydrogens (tertiary/aromatic N) is 1. The Morgan fingerprint density at radius 2 is 2.19 bits per heavy atom. The zero-order chi connectivity index (χ0) is 11.4. The van der Waals surface area contributed by atoms with Crippen LogP contribution in [-0.4, -0.2) is 16.9 Å². The maximum absolute atomic E-state index is 6.09. The molecule has 0 aromatic carbocycles. The summed E-state index contributed by atoms with van der Waals surface area (Å²) in [5.41, 5.74) is 1.17. The van der Waals surface area contributed by atoms with E-state index in [9.17, 15) is 0 Å². The topological polar surface area (TPSA) is 24.9 Å². The third-order valence-corrected chi connectivity index (χ3v) is 4.44. The Labute approximate surface area is 106 Å². The maximum Gasteiger partial charge on any atom is 0.0897 e. The normalized spacial score (nSPS) is 25.9. The molecule has 1 N–H and O–H groups in total. The Bertz CT molecular complexity index is 319. The summed E-state index contributed by atoms with van der Waals surface area (Å²) in [6.07, 6.45) is 4.92. The summed E-state index contributed by atoms with van der Waals surface area (Å²) >= 11 is 7.81. The Hall–Kier alpha value is -0.120. The fraction of sp³-hybridized carbons (Fsp3) is 0.750. The molecule has 0 bridgehead atoms. The van der Waals surface area contributed by atoms with E-state index < -0.39 is 0 Å². The monoisotopic (exact) mass is 258 g/mol. The second kappa shape index (κ2) is 5.99. The van der Waals surface area contributed by atoms with Gasteiger partial charge < -0.3 is 5.32 Å². The van der Waals surface area contributed by atoms with Crippen molar-refractivity contribution in [3.05, 3.63) is 16.1 Å². The Kier molecular flexibility index (Phi) is 4.62. The summed E-state index contributed by atoms with van der Waals surface area (Å²) in [5.74, 6) is 0.815. The lowest BCUT2D eigenvalue weighted by Gasteiger charge is -2.24. The second-order valence-corrected chi connectivity index (χ2v) is 6.29. The molecule has 1 fully saturated rings. The number of halogens is 1. The SMILES string of the molecule is Cc1nc(CNCC2CCC(Cl)CC2)cs1. The van der Waals surface area contributed by atoms with Crippen LogP contribution in [0.5, 0.6) is 0 Å². The van der Waals surface area contributed by atoms with Crippen molar-refractivity contribution < 1.29 is 0 Å². The molecule has 16 heavy (non-hydrogen) atoms. The van der Waals surface area contributed by atoms with Crippen molar-refractivity contribution in [1.82, 2.24) is 10.3 Å². The predicted molar refractivity (Wildman–Crippen MR) is 70.2 cm³/mol. The van der Waals surface area contributed by atoms with E-state index in [0.29, 0.717) is 5.38 Å². The van der Waals surface area contributed by atoms with Gasteiger partial charge in [-0.25, -0.2) is 4.98 Å². The van der Waals surface area contributed by atoms with Crippen molar-refractivity contribution in [1.29, 1.82) is 0 Å². The van der Waals surface area contributed by atoms with E-state index in [1.165, 1.54) is 31.4 Å². The van der Waals surface area contributed by atoms with Crippen LogP contribution in [0.1, 0.15) is 36.4 Å². The van der Waals surface area contributed by atoms with Gasteiger partial charge in [-0.3, -0.25) is 0 Å². The van der Waals surface area contributed by atoms with E-state index >= 15 is 0 Å². The van der Waals surface area contributed by atoms with Crippen LogP contribution < -0.4 is 5.32 Å². The van der Waals surface area contributed by atoms with Crippen molar-refractivity contribution in [3.8, 4) is 0 Å². The number of hydrogen-bond acceptors (Lipinski definition) is 3. The molecule has 1 heterocycles. The van der Waals surface area contributed by atoms with E-state index in [0.717, 1.165) is 24.0 Å². The molecule has 1 aliphatic rings. The molecule has 0 aliphatic heterocycles. The minimum Gasteiger partial charge on any atom is -0.311 e. The van der Waals surface area contributed by atoms with Crippen molar-refractivity contribution in [2.75, 3.05) is 6.54 Å². The molecular formula is C12H19ClN2S. The van der Waals surface area contributed by atoms with E-state index in [4.69, 9.17) is 11.6 Å². The number of alkyl halides is 1. The molecule has 1 aliphatic carbocycles. The first-order valence-electron chi connectivity index (χ1n) is 6.00. The van der Waals surface area contributed by atoms with Crippen LogP contribution in [0.4, 0.5) is 0 Å². The van der Waals surface area contributed by atoms with Gasteiger partial charge in [0, 0.05) is 17.3 Å². The van der Waals surface area contributed by atoms with E-state index in [1.54, 1.807) is 11.3 Å². The molecule has 2 rings (SSSR count). The average molecular weight is 259 g/mol. The van der Waals surface area contributed by atoms with Crippen LogP contribution in [0, 0.1) is 12.8 Å². The van der Waals surface area contributed by atoms with E-state index in [1.807, 2.05) is 0 Å². The van der Waals surface area contributed by atoms with Gasteiger partial charge in [0.2, 0.25) is 0 Å². The van der Waals surface area contributed by atoms with Gasteiger partial charge in [0.1, 0.15) is 0 Å². The number of hydrogen-bond donors (Lipinski definition) is 1. The van der Waals surface area contributed by atoms with E-state index in [-0.39, 0.29) is 0 Å². The molecule has 1 aromatic heterocycles. The lowest BCUT2D eigenvalue weighted by Crippen LogP contribution is -2.26.